The fourth-order valence-corrected chi connectivity index (χ4v) is 4.83. The highest BCUT2D eigenvalue weighted by atomic mass is 35.5. The molecule has 5 aromatic rings. The summed E-state index contributed by atoms with van der Waals surface area (Å²) in [7, 11) is 0. The largest absolute Gasteiger partial charge is 0.288 e. The van der Waals surface area contributed by atoms with Gasteiger partial charge in [-0.1, -0.05) is 71.7 Å². The second-order valence-electron chi connectivity index (χ2n) is 8.07. The minimum absolute atomic E-state index is 0.106. The third-order valence-corrected chi connectivity index (χ3v) is 6.80. The number of pyridine rings is 1. The minimum atomic E-state index is -0.299. The molecule has 2 aromatic heterocycles. The highest BCUT2D eigenvalue weighted by Crippen LogP contribution is 2.41. The molecule has 1 aliphatic carbocycles. The maximum atomic E-state index is 13.8. The summed E-state index contributed by atoms with van der Waals surface area (Å²) < 4.78 is 1.70. The van der Waals surface area contributed by atoms with E-state index in [0.717, 1.165) is 5.69 Å². The number of para-hydroxylation sites is 1. The Bertz CT molecular complexity index is 1670. The lowest BCUT2D eigenvalue weighted by Gasteiger charge is -2.21. The first-order valence-corrected chi connectivity index (χ1v) is 11.3. The van der Waals surface area contributed by atoms with Gasteiger partial charge in [0, 0.05) is 16.7 Å². The monoisotopic (exact) mass is 483 g/mol. The van der Waals surface area contributed by atoms with Gasteiger partial charge in [0.05, 0.1) is 32.4 Å². The summed E-state index contributed by atoms with van der Waals surface area (Å²) in [5.41, 5.74) is 4.26. The number of halogens is 2. The van der Waals surface area contributed by atoms with E-state index in [2.05, 4.69) is 0 Å². The minimum Gasteiger partial charge on any atom is -0.288 e. The van der Waals surface area contributed by atoms with Crippen LogP contribution in [0.15, 0.2) is 72.8 Å². The lowest BCUT2D eigenvalue weighted by molar-refractivity contribution is 0.0976. The molecule has 0 amide bonds. The highest BCUT2D eigenvalue weighted by Gasteiger charge is 2.36. The number of hydrogen-bond acceptors (Lipinski definition) is 4. The van der Waals surface area contributed by atoms with E-state index in [1.165, 1.54) is 0 Å². The molecule has 7 heteroatoms. The average molecular weight is 484 g/mol. The molecule has 34 heavy (non-hydrogen) atoms. The number of carbonyl (C=O) groups is 2. The Balaban J connectivity index is 1.78. The molecule has 0 bridgehead atoms. The van der Waals surface area contributed by atoms with Crippen molar-refractivity contribution in [1.29, 1.82) is 0 Å². The number of aromatic nitrogens is 3. The van der Waals surface area contributed by atoms with Crippen molar-refractivity contribution in [3.63, 3.8) is 0 Å². The van der Waals surface area contributed by atoms with Crippen LogP contribution in [0.3, 0.4) is 0 Å². The molecule has 3 aromatic carbocycles. The fraction of sp³-hybridized carbons (Fsp3) is 0.0370. The normalized spacial score (nSPS) is 12.7. The number of fused-ring (bicyclic) bond motifs is 3. The summed E-state index contributed by atoms with van der Waals surface area (Å²) in [6.07, 6.45) is 0. The van der Waals surface area contributed by atoms with Crippen molar-refractivity contribution in [3.8, 4) is 16.8 Å². The van der Waals surface area contributed by atoms with Crippen molar-refractivity contribution in [2.45, 2.75) is 6.92 Å². The van der Waals surface area contributed by atoms with Gasteiger partial charge >= 0.3 is 0 Å². The van der Waals surface area contributed by atoms with E-state index in [1.807, 2.05) is 37.3 Å². The van der Waals surface area contributed by atoms with Gasteiger partial charge in [0.1, 0.15) is 5.69 Å². The van der Waals surface area contributed by atoms with Crippen LogP contribution in [-0.4, -0.2) is 26.3 Å². The van der Waals surface area contributed by atoms with Crippen molar-refractivity contribution in [3.05, 3.63) is 111 Å². The van der Waals surface area contributed by atoms with Crippen LogP contribution in [0.2, 0.25) is 10.0 Å². The zero-order valence-electron chi connectivity index (χ0n) is 17.8. The van der Waals surface area contributed by atoms with Gasteiger partial charge in [-0.25, -0.2) is 9.67 Å². The Labute approximate surface area is 204 Å². The number of rotatable bonds is 2. The summed E-state index contributed by atoms with van der Waals surface area (Å²) in [6, 6.07) is 21.5. The van der Waals surface area contributed by atoms with Crippen LogP contribution in [0.25, 0.3) is 27.8 Å². The number of carbonyl (C=O) groups excluding carboxylic acids is 2. The molecule has 0 saturated heterocycles. The maximum absolute atomic E-state index is 13.8. The standard InChI is InChI=1S/C27H15Cl2N3O2/c1-14-21-22(15-11-12-19(28)20(29)13-15)23-24(26(34)18-10-6-5-9-17(18)25(23)33)30-27(21)32(31-14)16-7-3-2-4-8-16/h2-13H,1H3. The van der Waals surface area contributed by atoms with Crippen LogP contribution in [0.5, 0.6) is 0 Å². The molecule has 0 radical (unpaired) electrons. The van der Waals surface area contributed by atoms with Crippen molar-refractivity contribution in [2.75, 3.05) is 0 Å². The van der Waals surface area contributed by atoms with Crippen molar-refractivity contribution in [2.24, 2.45) is 0 Å². The molecule has 1 aliphatic rings. The quantitative estimate of drug-likeness (QED) is 0.282. The van der Waals surface area contributed by atoms with Crippen molar-refractivity contribution >= 4 is 45.8 Å². The molecule has 0 spiro atoms. The third-order valence-electron chi connectivity index (χ3n) is 6.06. The second kappa shape index (κ2) is 7.62. The van der Waals surface area contributed by atoms with E-state index in [0.29, 0.717) is 49.0 Å². The van der Waals surface area contributed by atoms with E-state index in [4.69, 9.17) is 33.3 Å². The van der Waals surface area contributed by atoms with Crippen LogP contribution < -0.4 is 0 Å². The molecule has 0 unspecified atom stereocenters. The van der Waals surface area contributed by atoms with Gasteiger partial charge < -0.3 is 0 Å². The molecule has 164 valence electrons. The van der Waals surface area contributed by atoms with Gasteiger partial charge in [-0.3, -0.25) is 9.59 Å². The van der Waals surface area contributed by atoms with E-state index < -0.39 is 0 Å². The highest BCUT2D eigenvalue weighted by molar-refractivity contribution is 6.42. The Hall–Kier alpha value is -3.80. The SMILES string of the molecule is Cc1nn(-c2ccccc2)c2nc3c(c(-c4ccc(Cl)c(Cl)c4)c12)C(=O)c1ccccc1C3=O. The van der Waals surface area contributed by atoms with Gasteiger partial charge in [-0.2, -0.15) is 5.10 Å². The van der Waals surface area contributed by atoms with E-state index in [1.54, 1.807) is 47.1 Å². The van der Waals surface area contributed by atoms with E-state index in [9.17, 15) is 9.59 Å². The molecule has 0 fully saturated rings. The number of nitrogens with zero attached hydrogens (tertiary/aromatic N) is 3. The first kappa shape index (κ1) is 20.8. The molecule has 2 heterocycles. The van der Waals surface area contributed by atoms with Gasteiger partial charge in [0.25, 0.3) is 0 Å². The number of benzene rings is 3. The van der Waals surface area contributed by atoms with E-state index >= 15 is 0 Å². The Morgan fingerprint density at radius 2 is 1.44 bits per heavy atom. The average Bonchev–Trinajstić information content (AvgIpc) is 3.19. The zero-order chi connectivity index (χ0) is 23.6. The Morgan fingerprint density at radius 3 is 2.15 bits per heavy atom. The maximum Gasteiger partial charge on any atom is 0.212 e. The van der Waals surface area contributed by atoms with Gasteiger partial charge in [0.2, 0.25) is 5.78 Å². The molecular weight excluding hydrogens is 469 g/mol. The van der Waals surface area contributed by atoms with Gasteiger partial charge in [-0.05, 0) is 36.8 Å². The summed E-state index contributed by atoms with van der Waals surface area (Å²) in [4.78, 5) is 32.1. The molecule has 5 nitrogen and oxygen atoms in total. The van der Waals surface area contributed by atoms with Crippen molar-refractivity contribution in [1.82, 2.24) is 14.8 Å². The lowest BCUT2D eigenvalue weighted by Crippen LogP contribution is -2.23. The summed E-state index contributed by atoms with van der Waals surface area (Å²) in [5.74, 6) is -0.556. The second-order valence-corrected chi connectivity index (χ2v) is 8.89. The number of aryl methyl sites for hydroxylation is 1. The summed E-state index contributed by atoms with van der Waals surface area (Å²) in [6.45, 7) is 1.86. The predicted molar refractivity (Wildman–Crippen MR) is 132 cm³/mol. The smallest absolute Gasteiger partial charge is 0.212 e. The van der Waals surface area contributed by atoms with E-state index in [-0.39, 0.29) is 22.8 Å². The summed E-state index contributed by atoms with van der Waals surface area (Å²) in [5, 5.41) is 6.16. The molecule has 6 rings (SSSR count). The van der Waals surface area contributed by atoms with Crippen LogP contribution in [0.1, 0.15) is 37.7 Å². The summed E-state index contributed by atoms with van der Waals surface area (Å²) >= 11 is 12.5. The lowest BCUT2D eigenvalue weighted by atomic mass is 9.82. The van der Waals surface area contributed by atoms with Crippen LogP contribution >= 0.6 is 23.2 Å². The zero-order valence-corrected chi connectivity index (χ0v) is 19.4. The first-order chi connectivity index (χ1) is 16.5. The van der Waals surface area contributed by atoms with Crippen LogP contribution in [-0.2, 0) is 0 Å². The number of ketones is 2. The molecular formula is C27H15Cl2N3O2. The Kier molecular flexibility index (Phi) is 4.66. The topological polar surface area (TPSA) is 64.8 Å². The Morgan fingerprint density at radius 1 is 0.765 bits per heavy atom. The first-order valence-electron chi connectivity index (χ1n) is 10.6. The molecule has 0 atom stereocenters. The van der Waals surface area contributed by atoms with Crippen LogP contribution in [0.4, 0.5) is 0 Å². The predicted octanol–water partition coefficient (Wildman–Crippen LogP) is 6.48. The molecule has 0 saturated carbocycles. The molecule has 0 N–H and O–H groups in total. The third kappa shape index (κ3) is 2.94. The fourth-order valence-electron chi connectivity index (χ4n) is 4.53. The van der Waals surface area contributed by atoms with Crippen LogP contribution in [0, 0.1) is 6.92 Å². The molecule has 0 aliphatic heterocycles. The van der Waals surface area contributed by atoms with Gasteiger partial charge in [0.15, 0.2) is 11.4 Å². The van der Waals surface area contributed by atoms with Crippen molar-refractivity contribution < 1.29 is 9.59 Å². The number of hydrogen-bond donors (Lipinski definition) is 0. The van der Waals surface area contributed by atoms with Gasteiger partial charge in [-0.15, -0.1) is 0 Å².